The van der Waals surface area contributed by atoms with Crippen LogP contribution in [-0.2, 0) is 6.54 Å². The first-order chi connectivity index (χ1) is 16.1. The van der Waals surface area contributed by atoms with Gasteiger partial charge in [0.25, 0.3) is 5.91 Å². The van der Waals surface area contributed by atoms with Crippen LogP contribution in [0.4, 0.5) is 0 Å². The molecule has 7 heteroatoms. The third-order valence-electron chi connectivity index (χ3n) is 4.96. The Hall–Kier alpha value is -4.39. The van der Waals surface area contributed by atoms with E-state index in [1.165, 1.54) is 0 Å². The van der Waals surface area contributed by atoms with Gasteiger partial charge in [0, 0.05) is 30.1 Å². The average molecular weight is 441 g/mol. The molecule has 0 atom stereocenters. The van der Waals surface area contributed by atoms with Gasteiger partial charge >= 0.3 is 6.01 Å². The molecule has 0 aliphatic carbocycles. The number of carbonyl (C=O) groups is 1. The molecule has 1 heterocycles. The molecule has 0 spiro atoms. The van der Waals surface area contributed by atoms with Crippen LogP contribution in [0.5, 0.6) is 23.3 Å². The SMILES string of the molecule is COc1ccc(Oc2ncc(-c3ccc(C(=O)NCc4cccc(OC)c4)cc3)cn2)cc1. The maximum atomic E-state index is 12.5. The summed E-state index contributed by atoms with van der Waals surface area (Å²) >= 11 is 0. The molecule has 0 unspecified atom stereocenters. The Labute approximate surface area is 192 Å². The van der Waals surface area contributed by atoms with E-state index in [-0.39, 0.29) is 11.9 Å². The van der Waals surface area contributed by atoms with Gasteiger partial charge in [-0.15, -0.1) is 0 Å². The Morgan fingerprint density at radius 2 is 1.45 bits per heavy atom. The van der Waals surface area contributed by atoms with Crippen LogP contribution in [0.25, 0.3) is 11.1 Å². The zero-order valence-corrected chi connectivity index (χ0v) is 18.3. The standard InChI is InChI=1S/C26H23N3O4/c1-31-22-10-12-23(13-11-22)33-26-28-16-21(17-29-26)19-6-8-20(9-7-19)25(30)27-15-18-4-3-5-24(14-18)32-2/h3-14,16-17H,15H2,1-2H3,(H,27,30). The molecule has 1 aromatic heterocycles. The number of ether oxygens (including phenoxy) is 3. The van der Waals surface area contributed by atoms with Crippen LogP contribution in [-0.4, -0.2) is 30.1 Å². The van der Waals surface area contributed by atoms with Gasteiger partial charge in [-0.3, -0.25) is 4.79 Å². The topological polar surface area (TPSA) is 82.6 Å². The zero-order chi connectivity index (χ0) is 23.0. The molecule has 3 aromatic carbocycles. The quantitative estimate of drug-likeness (QED) is 0.420. The Bertz CT molecular complexity index is 1210. The first kappa shape index (κ1) is 21.8. The summed E-state index contributed by atoms with van der Waals surface area (Å²) < 4.78 is 16.0. The fourth-order valence-electron chi connectivity index (χ4n) is 3.15. The Kier molecular flexibility index (Phi) is 6.80. The van der Waals surface area contributed by atoms with Crippen molar-refractivity contribution < 1.29 is 19.0 Å². The predicted octanol–water partition coefficient (Wildman–Crippen LogP) is 4.88. The second kappa shape index (κ2) is 10.3. The number of amides is 1. The molecule has 0 aliphatic rings. The zero-order valence-electron chi connectivity index (χ0n) is 18.3. The number of nitrogens with one attached hydrogen (secondary N) is 1. The van der Waals surface area contributed by atoms with E-state index in [2.05, 4.69) is 15.3 Å². The van der Waals surface area contributed by atoms with E-state index in [1.54, 1.807) is 63.0 Å². The van der Waals surface area contributed by atoms with Gasteiger partial charge in [-0.05, 0) is 59.7 Å². The summed E-state index contributed by atoms with van der Waals surface area (Å²) in [7, 11) is 3.23. The van der Waals surface area contributed by atoms with E-state index in [0.29, 0.717) is 17.9 Å². The lowest BCUT2D eigenvalue weighted by molar-refractivity contribution is 0.0951. The van der Waals surface area contributed by atoms with Crippen molar-refractivity contribution in [3.63, 3.8) is 0 Å². The number of benzene rings is 3. The summed E-state index contributed by atoms with van der Waals surface area (Å²) in [5.41, 5.74) is 3.26. The molecule has 4 aromatic rings. The fraction of sp³-hybridized carbons (Fsp3) is 0.115. The number of methoxy groups -OCH3 is 2. The highest BCUT2D eigenvalue weighted by Crippen LogP contribution is 2.23. The van der Waals surface area contributed by atoms with Crippen LogP contribution < -0.4 is 19.5 Å². The van der Waals surface area contributed by atoms with Gasteiger partial charge < -0.3 is 19.5 Å². The van der Waals surface area contributed by atoms with Crippen LogP contribution in [0.1, 0.15) is 15.9 Å². The summed E-state index contributed by atoms with van der Waals surface area (Å²) in [4.78, 5) is 21.0. The summed E-state index contributed by atoms with van der Waals surface area (Å²) in [6, 6.07) is 22.3. The van der Waals surface area contributed by atoms with Gasteiger partial charge in [0.1, 0.15) is 17.2 Å². The highest BCUT2D eigenvalue weighted by Gasteiger charge is 2.08. The average Bonchev–Trinajstić information content (AvgIpc) is 2.88. The van der Waals surface area contributed by atoms with Gasteiger partial charge in [-0.1, -0.05) is 24.3 Å². The van der Waals surface area contributed by atoms with E-state index < -0.39 is 0 Å². The largest absolute Gasteiger partial charge is 0.497 e. The molecule has 1 amide bonds. The molecule has 33 heavy (non-hydrogen) atoms. The first-order valence-electron chi connectivity index (χ1n) is 10.3. The highest BCUT2D eigenvalue weighted by atomic mass is 16.5. The molecule has 0 bridgehead atoms. The molecule has 0 radical (unpaired) electrons. The minimum atomic E-state index is -0.149. The number of hydrogen-bond donors (Lipinski definition) is 1. The van der Waals surface area contributed by atoms with Gasteiger partial charge in [0.2, 0.25) is 0 Å². The third kappa shape index (κ3) is 5.65. The van der Waals surface area contributed by atoms with Crippen LogP contribution >= 0.6 is 0 Å². The lowest BCUT2D eigenvalue weighted by Gasteiger charge is -2.08. The van der Waals surface area contributed by atoms with Crippen LogP contribution in [0.3, 0.4) is 0 Å². The molecule has 0 fully saturated rings. The predicted molar refractivity (Wildman–Crippen MR) is 125 cm³/mol. The molecule has 4 rings (SSSR count). The molecule has 1 N–H and O–H groups in total. The van der Waals surface area contributed by atoms with Gasteiger partial charge in [0.05, 0.1) is 14.2 Å². The lowest BCUT2D eigenvalue weighted by Crippen LogP contribution is -2.22. The summed E-state index contributed by atoms with van der Waals surface area (Å²) in [5.74, 6) is 1.97. The van der Waals surface area contributed by atoms with E-state index in [4.69, 9.17) is 14.2 Å². The molecular formula is C26H23N3O4. The van der Waals surface area contributed by atoms with E-state index in [0.717, 1.165) is 28.2 Å². The van der Waals surface area contributed by atoms with Crippen molar-refractivity contribution in [3.05, 3.63) is 96.3 Å². The van der Waals surface area contributed by atoms with Crippen molar-refractivity contribution in [1.29, 1.82) is 0 Å². The van der Waals surface area contributed by atoms with Crippen LogP contribution in [0.2, 0.25) is 0 Å². The normalized spacial score (nSPS) is 10.4. The van der Waals surface area contributed by atoms with E-state index in [9.17, 15) is 4.79 Å². The lowest BCUT2D eigenvalue weighted by atomic mass is 10.1. The number of nitrogens with zero attached hydrogens (tertiary/aromatic N) is 2. The van der Waals surface area contributed by atoms with Crippen molar-refractivity contribution >= 4 is 5.91 Å². The van der Waals surface area contributed by atoms with E-state index in [1.807, 2.05) is 36.4 Å². The summed E-state index contributed by atoms with van der Waals surface area (Å²) in [6.45, 7) is 0.418. The summed E-state index contributed by atoms with van der Waals surface area (Å²) in [5, 5.41) is 2.92. The van der Waals surface area contributed by atoms with Crippen LogP contribution in [0.15, 0.2) is 85.2 Å². The first-order valence-corrected chi connectivity index (χ1v) is 10.3. The third-order valence-corrected chi connectivity index (χ3v) is 4.96. The van der Waals surface area contributed by atoms with Crippen molar-refractivity contribution in [3.8, 4) is 34.4 Å². The number of rotatable bonds is 8. The number of hydrogen-bond acceptors (Lipinski definition) is 6. The minimum Gasteiger partial charge on any atom is -0.497 e. The second-order valence-corrected chi connectivity index (χ2v) is 7.14. The maximum absolute atomic E-state index is 12.5. The Morgan fingerprint density at radius 3 is 2.12 bits per heavy atom. The summed E-state index contributed by atoms with van der Waals surface area (Å²) in [6.07, 6.45) is 3.37. The molecule has 0 saturated heterocycles. The fourth-order valence-corrected chi connectivity index (χ4v) is 3.15. The van der Waals surface area contributed by atoms with Crippen molar-refractivity contribution in [2.75, 3.05) is 14.2 Å². The molecule has 166 valence electrons. The minimum absolute atomic E-state index is 0.149. The maximum Gasteiger partial charge on any atom is 0.321 e. The Morgan fingerprint density at radius 1 is 0.788 bits per heavy atom. The number of aromatic nitrogens is 2. The van der Waals surface area contributed by atoms with E-state index >= 15 is 0 Å². The van der Waals surface area contributed by atoms with Crippen LogP contribution in [0, 0.1) is 0 Å². The smallest absolute Gasteiger partial charge is 0.321 e. The van der Waals surface area contributed by atoms with Crippen molar-refractivity contribution in [1.82, 2.24) is 15.3 Å². The van der Waals surface area contributed by atoms with Gasteiger partial charge in [-0.25, -0.2) is 9.97 Å². The van der Waals surface area contributed by atoms with Gasteiger partial charge in [-0.2, -0.15) is 0 Å². The molecule has 0 aliphatic heterocycles. The molecule has 7 nitrogen and oxygen atoms in total. The number of carbonyl (C=O) groups excluding carboxylic acids is 1. The Balaban J connectivity index is 1.36. The monoisotopic (exact) mass is 441 g/mol. The van der Waals surface area contributed by atoms with Crippen molar-refractivity contribution in [2.45, 2.75) is 6.54 Å². The highest BCUT2D eigenvalue weighted by molar-refractivity contribution is 5.94. The second-order valence-electron chi connectivity index (χ2n) is 7.14. The van der Waals surface area contributed by atoms with Gasteiger partial charge in [0.15, 0.2) is 0 Å². The molecular weight excluding hydrogens is 418 g/mol. The molecule has 0 saturated carbocycles. The van der Waals surface area contributed by atoms with Crippen molar-refractivity contribution in [2.24, 2.45) is 0 Å².